The summed E-state index contributed by atoms with van der Waals surface area (Å²) in [6, 6.07) is 5.52. The molecule has 0 aliphatic heterocycles. The van der Waals surface area contributed by atoms with E-state index in [1.807, 2.05) is 29.8 Å². The highest BCUT2D eigenvalue weighted by Gasteiger charge is 2.12. The maximum absolute atomic E-state index is 5.40. The second kappa shape index (κ2) is 8.01. The molecule has 0 bridgehead atoms. The Hall–Kier alpha value is -2.28. The molecule has 0 saturated heterocycles. The van der Waals surface area contributed by atoms with Crippen molar-refractivity contribution in [1.82, 2.24) is 15.1 Å². The standard InChI is InChI=1S/C17H24N4O2S/c1-6-21-12(3)14(11(2)20-21)10-18-17(24)19-15-9-13(22-4)7-8-16(15)23-5/h7-9H,6,10H2,1-5H3,(H2,18,19,24). The number of aryl methyl sites for hydroxylation is 2. The molecule has 2 aromatic rings. The molecule has 24 heavy (non-hydrogen) atoms. The lowest BCUT2D eigenvalue weighted by Gasteiger charge is -2.14. The number of rotatable bonds is 6. The normalized spacial score (nSPS) is 10.4. The molecule has 6 nitrogen and oxygen atoms in total. The summed E-state index contributed by atoms with van der Waals surface area (Å²) in [5, 5.41) is 11.4. The van der Waals surface area contributed by atoms with E-state index in [9.17, 15) is 0 Å². The van der Waals surface area contributed by atoms with Crippen molar-refractivity contribution in [3.05, 3.63) is 35.2 Å². The van der Waals surface area contributed by atoms with Gasteiger partial charge in [-0.25, -0.2) is 0 Å². The minimum Gasteiger partial charge on any atom is -0.497 e. The van der Waals surface area contributed by atoms with Crippen molar-refractivity contribution in [1.29, 1.82) is 0 Å². The van der Waals surface area contributed by atoms with Gasteiger partial charge in [-0.1, -0.05) is 0 Å². The van der Waals surface area contributed by atoms with Gasteiger partial charge in [0.15, 0.2) is 5.11 Å². The molecule has 0 aliphatic rings. The van der Waals surface area contributed by atoms with E-state index in [2.05, 4.69) is 29.6 Å². The predicted molar refractivity (Wildman–Crippen MR) is 100.0 cm³/mol. The monoisotopic (exact) mass is 348 g/mol. The third-order valence-electron chi connectivity index (χ3n) is 3.91. The van der Waals surface area contributed by atoms with Crippen LogP contribution in [0.25, 0.3) is 0 Å². The zero-order chi connectivity index (χ0) is 17.7. The van der Waals surface area contributed by atoms with Gasteiger partial charge in [0.1, 0.15) is 11.5 Å². The number of ether oxygens (including phenoxy) is 2. The Labute approximate surface area is 148 Å². The Kier molecular flexibility index (Phi) is 6.03. The molecule has 1 aromatic heterocycles. The fourth-order valence-corrected chi connectivity index (χ4v) is 2.73. The highest BCUT2D eigenvalue weighted by atomic mass is 32.1. The first-order valence-corrected chi connectivity index (χ1v) is 8.20. The van der Waals surface area contributed by atoms with Crippen LogP contribution in [0.15, 0.2) is 18.2 Å². The fourth-order valence-electron chi connectivity index (χ4n) is 2.54. The lowest BCUT2D eigenvalue weighted by molar-refractivity contribution is 0.405. The second-order valence-corrected chi connectivity index (χ2v) is 5.75. The van der Waals surface area contributed by atoms with Gasteiger partial charge in [-0.15, -0.1) is 0 Å². The number of thiocarbonyl (C=S) groups is 1. The third-order valence-corrected chi connectivity index (χ3v) is 4.16. The van der Waals surface area contributed by atoms with E-state index in [1.54, 1.807) is 14.2 Å². The summed E-state index contributed by atoms with van der Waals surface area (Å²) in [4.78, 5) is 0. The topological polar surface area (TPSA) is 60.3 Å². The van der Waals surface area contributed by atoms with Crippen LogP contribution in [0.5, 0.6) is 11.5 Å². The van der Waals surface area contributed by atoms with Crippen molar-refractivity contribution in [2.75, 3.05) is 19.5 Å². The summed E-state index contributed by atoms with van der Waals surface area (Å²) in [5.41, 5.74) is 4.10. The van der Waals surface area contributed by atoms with E-state index in [0.29, 0.717) is 17.4 Å². The number of methoxy groups -OCH3 is 2. The zero-order valence-corrected chi connectivity index (χ0v) is 15.6. The average Bonchev–Trinajstić information content (AvgIpc) is 2.86. The highest BCUT2D eigenvalue weighted by molar-refractivity contribution is 7.80. The largest absolute Gasteiger partial charge is 0.497 e. The van der Waals surface area contributed by atoms with Gasteiger partial charge >= 0.3 is 0 Å². The molecule has 2 rings (SSSR count). The van der Waals surface area contributed by atoms with Gasteiger partial charge in [-0.2, -0.15) is 5.10 Å². The Morgan fingerprint density at radius 1 is 1.25 bits per heavy atom. The van der Waals surface area contributed by atoms with E-state index in [1.165, 1.54) is 5.56 Å². The second-order valence-electron chi connectivity index (χ2n) is 5.34. The SMILES string of the molecule is CCn1nc(C)c(CNC(=S)Nc2cc(OC)ccc2OC)c1C. The van der Waals surface area contributed by atoms with Crippen LogP contribution in [0.2, 0.25) is 0 Å². The van der Waals surface area contributed by atoms with Crippen LogP contribution >= 0.6 is 12.2 Å². The zero-order valence-electron chi connectivity index (χ0n) is 14.8. The molecule has 0 aliphatic carbocycles. The molecular formula is C17H24N4O2S. The molecule has 1 heterocycles. The van der Waals surface area contributed by atoms with Gasteiger partial charge in [0.05, 0.1) is 25.6 Å². The summed E-state index contributed by atoms with van der Waals surface area (Å²) >= 11 is 5.40. The molecule has 0 saturated carbocycles. The molecule has 1 aromatic carbocycles. The van der Waals surface area contributed by atoms with Gasteiger partial charge in [0, 0.05) is 30.4 Å². The predicted octanol–water partition coefficient (Wildman–Crippen LogP) is 3.02. The number of benzene rings is 1. The minimum absolute atomic E-state index is 0.518. The van der Waals surface area contributed by atoms with Gasteiger partial charge in [-0.3, -0.25) is 4.68 Å². The number of hydrogen-bond acceptors (Lipinski definition) is 4. The Bertz CT molecular complexity index is 728. The quantitative estimate of drug-likeness (QED) is 0.783. The first kappa shape index (κ1) is 18.1. The molecule has 0 radical (unpaired) electrons. The number of aromatic nitrogens is 2. The lowest BCUT2D eigenvalue weighted by atomic mass is 10.2. The van der Waals surface area contributed by atoms with E-state index in [0.717, 1.165) is 29.4 Å². The molecule has 0 amide bonds. The van der Waals surface area contributed by atoms with Gasteiger partial charge < -0.3 is 20.1 Å². The summed E-state index contributed by atoms with van der Waals surface area (Å²) in [6.07, 6.45) is 0. The Morgan fingerprint density at radius 2 is 2.00 bits per heavy atom. The van der Waals surface area contributed by atoms with Crippen LogP contribution in [0.1, 0.15) is 23.9 Å². The van der Waals surface area contributed by atoms with E-state index in [4.69, 9.17) is 21.7 Å². The summed E-state index contributed by atoms with van der Waals surface area (Å²) in [6.45, 7) is 7.64. The van der Waals surface area contributed by atoms with E-state index < -0.39 is 0 Å². The molecule has 7 heteroatoms. The van der Waals surface area contributed by atoms with Crippen LogP contribution < -0.4 is 20.1 Å². The lowest BCUT2D eigenvalue weighted by Crippen LogP contribution is -2.28. The van der Waals surface area contributed by atoms with Crippen molar-refractivity contribution < 1.29 is 9.47 Å². The third kappa shape index (κ3) is 3.97. The van der Waals surface area contributed by atoms with Crippen molar-refractivity contribution in [2.24, 2.45) is 0 Å². The molecule has 2 N–H and O–H groups in total. The first-order valence-electron chi connectivity index (χ1n) is 7.79. The van der Waals surface area contributed by atoms with Crippen molar-refractivity contribution in [3.8, 4) is 11.5 Å². The van der Waals surface area contributed by atoms with E-state index >= 15 is 0 Å². The van der Waals surface area contributed by atoms with Crippen LogP contribution in [0.3, 0.4) is 0 Å². The van der Waals surface area contributed by atoms with Crippen LogP contribution in [-0.2, 0) is 13.1 Å². The Balaban J connectivity index is 2.05. The van der Waals surface area contributed by atoms with Gasteiger partial charge in [-0.05, 0) is 45.1 Å². The molecule has 0 fully saturated rings. The smallest absolute Gasteiger partial charge is 0.171 e. The maximum Gasteiger partial charge on any atom is 0.171 e. The average molecular weight is 348 g/mol. The van der Waals surface area contributed by atoms with Crippen LogP contribution in [-0.4, -0.2) is 29.1 Å². The number of nitrogens with zero attached hydrogens (tertiary/aromatic N) is 2. The number of anilines is 1. The number of nitrogens with one attached hydrogen (secondary N) is 2. The van der Waals surface area contributed by atoms with Crippen molar-refractivity contribution in [3.63, 3.8) is 0 Å². The first-order chi connectivity index (χ1) is 11.5. The van der Waals surface area contributed by atoms with Gasteiger partial charge in [0.25, 0.3) is 0 Å². The molecule has 130 valence electrons. The fraction of sp³-hybridized carbons (Fsp3) is 0.412. The van der Waals surface area contributed by atoms with Crippen molar-refractivity contribution in [2.45, 2.75) is 33.9 Å². The summed E-state index contributed by atoms with van der Waals surface area (Å²) < 4.78 is 12.6. The van der Waals surface area contributed by atoms with E-state index in [-0.39, 0.29) is 0 Å². The highest BCUT2D eigenvalue weighted by Crippen LogP contribution is 2.28. The summed E-state index contributed by atoms with van der Waals surface area (Å²) in [7, 11) is 3.24. The minimum atomic E-state index is 0.518. The van der Waals surface area contributed by atoms with Crippen molar-refractivity contribution >= 4 is 23.0 Å². The summed E-state index contributed by atoms with van der Waals surface area (Å²) in [5.74, 6) is 1.43. The number of hydrogen-bond donors (Lipinski definition) is 2. The van der Waals surface area contributed by atoms with Crippen LogP contribution in [0.4, 0.5) is 5.69 Å². The molecule has 0 atom stereocenters. The molecule has 0 unspecified atom stereocenters. The Morgan fingerprint density at radius 3 is 2.58 bits per heavy atom. The molecule has 0 spiro atoms. The van der Waals surface area contributed by atoms with Crippen LogP contribution in [0, 0.1) is 13.8 Å². The molecular weight excluding hydrogens is 324 g/mol. The maximum atomic E-state index is 5.40. The van der Waals surface area contributed by atoms with Gasteiger partial charge in [0.2, 0.25) is 0 Å².